The highest BCUT2D eigenvalue weighted by atomic mass is 16.4. The normalized spacial score (nSPS) is 10.4. The average molecular weight is 273 g/mol. The Morgan fingerprint density at radius 1 is 1.25 bits per heavy atom. The predicted molar refractivity (Wildman–Crippen MR) is 80.8 cm³/mol. The first-order valence-electron chi connectivity index (χ1n) is 6.26. The summed E-state index contributed by atoms with van der Waals surface area (Å²) in [6, 6.07) is 5.30. The lowest BCUT2D eigenvalue weighted by Crippen LogP contribution is -2.29. The van der Waals surface area contributed by atoms with Gasteiger partial charge in [-0.15, -0.1) is 13.2 Å². The van der Waals surface area contributed by atoms with E-state index in [1.54, 1.807) is 24.3 Å². The van der Waals surface area contributed by atoms with Crippen LogP contribution in [-0.4, -0.2) is 34.3 Å². The van der Waals surface area contributed by atoms with Gasteiger partial charge in [0.1, 0.15) is 5.75 Å². The van der Waals surface area contributed by atoms with Crippen molar-refractivity contribution >= 4 is 12.2 Å². The summed E-state index contributed by atoms with van der Waals surface area (Å²) in [4.78, 5) is 12.1. The van der Waals surface area contributed by atoms with Gasteiger partial charge in [0, 0.05) is 18.7 Å². The second kappa shape index (κ2) is 7.84. The zero-order valence-corrected chi connectivity index (χ0v) is 11.3. The van der Waals surface area contributed by atoms with Crippen LogP contribution in [0.15, 0.2) is 49.6 Å². The highest BCUT2D eigenvalue weighted by molar-refractivity contribution is 5.66. The average Bonchev–Trinajstić information content (AvgIpc) is 2.41. The van der Waals surface area contributed by atoms with Crippen molar-refractivity contribution in [2.24, 2.45) is 0 Å². The smallest absolute Gasteiger partial charge is 0.407 e. The molecule has 0 aliphatic carbocycles. The Hall–Kier alpha value is -2.49. The number of carbonyl (C=O) groups is 1. The number of phenols is 1. The number of benzene rings is 1. The molecule has 1 amide bonds. The summed E-state index contributed by atoms with van der Waals surface area (Å²) in [6.45, 7) is 7.70. The van der Waals surface area contributed by atoms with Gasteiger partial charge in [-0.25, -0.2) is 4.79 Å². The van der Waals surface area contributed by atoms with E-state index < -0.39 is 6.09 Å². The van der Waals surface area contributed by atoms with Gasteiger partial charge in [0.25, 0.3) is 0 Å². The minimum atomic E-state index is -1.00. The van der Waals surface area contributed by atoms with Crippen molar-refractivity contribution in [2.75, 3.05) is 13.1 Å². The molecular formula is C16H19NO3. The third-order valence-electron chi connectivity index (χ3n) is 2.72. The number of hydrogen-bond acceptors (Lipinski definition) is 2. The Kier molecular flexibility index (Phi) is 6.10. The number of amides is 1. The molecule has 0 heterocycles. The summed E-state index contributed by atoms with van der Waals surface area (Å²) in [6.07, 6.45) is 6.45. The molecule has 0 aliphatic rings. The summed E-state index contributed by atoms with van der Waals surface area (Å²) >= 11 is 0. The lowest BCUT2D eigenvalue weighted by atomic mass is 10.1. The topological polar surface area (TPSA) is 60.8 Å². The van der Waals surface area contributed by atoms with E-state index in [4.69, 9.17) is 5.11 Å². The number of carboxylic acid groups (broad SMARTS) is 1. The Labute approximate surface area is 119 Å². The number of aromatic hydroxyl groups is 1. The molecule has 1 aromatic carbocycles. The maximum atomic E-state index is 10.9. The third kappa shape index (κ3) is 4.65. The summed E-state index contributed by atoms with van der Waals surface area (Å²) in [7, 11) is 0. The SMILES string of the molecule is C=CCc1ccc(O)c(C=CCN(CC=C)C(=O)O)c1. The summed E-state index contributed by atoms with van der Waals surface area (Å²) < 4.78 is 0. The van der Waals surface area contributed by atoms with Crippen molar-refractivity contribution < 1.29 is 15.0 Å². The van der Waals surface area contributed by atoms with Crippen LogP contribution < -0.4 is 0 Å². The second-order valence-electron chi connectivity index (χ2n) is 4.26. The quantitative estimate of drug-likeness (QED) is 0.749. The monoisotopic (exact) mass is 273 g/mol. The van der Waals surface area contributed by atoms with Crippen LogP contribution in [0.3, 0.4) is 0 Å². The van der Waals surface area contributed by atoms with E-state index in [1.807, 2.05) is 12.1 Å². The molecule has 0 atom stereocenters. The first-order chi connectivity index (χ1) is 9.58. The van der Waals surface area contributed by atoms with Gasteiger partial charge in [-0.3, -0.25) is 0 Å². The fourth-order valence-corrected chi connectivity index (χ4v) is 1.72. The van der Waals surface area contributed by atoms with Crippen molar-refractivity contribution in [3.63, 3.8) is 0 Å². The molecule has 4 nitrogen and oxygen atoms in total. The number of rotatable bonds is 7. The highest BCUT2D eigenvalue weighted by Crippen LogP contribution is 2.20. The standard InChI is InChI=1S/C16H19NO3/c1-3-6-13-8-9-15(18)14(12-13)7-5-11-17(10-4-2)16(19)20/h3-5,7-9,12,18H,1-2,6,10-11H2,(H,19,20). The van der Waals surface area contributed by atoms with Gasteiger partial charge in [-0.05, 0) is 24.1 Å². The lowest BCUT2D eigenvalue weighted by molar-refractivity contribution is 0.155. The minimum Gasteiger partial charge on any atom is -0.507 e. The van der Waals surface area contributed by atoms with Crippen LogP contribution in [0.25, 0.3) is 6.08 Å². The third-order valence-corrected chi connectivity index (χ3v) is 2.72. The Bertz CT molecular complexity index is 520. The molecule has 0 aromatic heterocycles. The molecule has 0 aliphatic heterocycles. The van der Waals surface area contributed by atoms with Crippen molar-refractivity contribution in [1.82, 2.24) is 4.90 Å². The summed E-state index contributed by atoms with van der Waals surface area (Å²) in [5.41, 5.74) is 1.70. The molecular weight excluding hydrogens is 254 g/mol. The van der Waals surface area contributed by atoms with Crippen LogP contribution in [0.5, 0.6) is 5.75 Å². The van der Waals surface area contributed by atoms with E-state index in [9.17, 15) is 9.90 Å². The molecule has 4 heteroatoms. The van der Waals surface area contributed by atoms with Crippen LogP contribution in [-0.2, 0) is 6.42 Å². The van der Waals surface area contributed by atoms with Crippen molar-refractivity contribution in [3.05, 3.63) is 60.7 Å². The van der Waals surface area contributed by atoms with Crippen molar-refractivity contribution in [2.45, 2.75) is 6.42 Å². The number of allylic oxidation sites excluding steroid dienone is 1. The van der Waals surface area contributed by atoms with Gasteiger partial charge in [0.2, 0.25) is 0 Å². The molecule has 1 rings (SSSR count). The lowest BCUT2D eigenvalue weighted by Gasteiger charge is -2.14. The minimum absolute atomic E-state index is 0.166. The van der Waals surface area contributed by atoms with Crippen LogP contribution >= 0.6 is 0 Å². The van der Waals surface area contributed by atoms with Crippen LogP contribution in [0.2, 0.25) is 0 Å². The maximum absolute atomic E-state index is 10.9. The van der Waals surface area contributed by atoms with Crippen molar-refractivity contribution in [3.8, 4) is 5.75 Å². The van der Waals surface area contributed by atoms with E-state index in [0.717, 1.165) is 12.0 Å². The Balaban J connectivity index is 2.78. The second-order valence-corrected chi connectivity index (χ2v) is 4.26. The number of phenolic OH excluding ortho intramolecular Hbond substituents is 1. The molecule has 0 saturated heterocycles. The molecule has 20 heavy (non-hydrogen) atoms. The molecule has 0 saturated carbocycles. The molecule has 0 spiro atoms. The van der Waals surface area contributed by atoms with E-state index in [-0.39, 0.29) is 18.8 Å². The van der Waals surface area contributed by atoms with E-state index in [2.05, 4.69) is 13.2 Å². The Morgan fingerprint density at radius 3 is 2.60 bits per heavy atom. The zero-order chi connectivity index (χ0) is 15.0. The van der Waals surface area contributed by atoms with Crippen LogP contribution in [0, 0.1) is 0 Å². The van der Waals surface area contributed by atoms with Crippen LogP contribution in [0.4, 0.5) is 4.79 Å². The molecule has 106 valence electrons. The molecule has 0 radical (unpaired) electrons. The predicted octanol–water partition coefficient (Wildman–Crippen LogP) is 3.30. The summed E-state index contributed by atoms with van der Waals surface area (Å²) in [5, 5.41) is 18.7. The van der Waals surface area contributed by atoms with E-state index in [0.29, 0.717) is 5.56 Å². The molecule has 0 bridgehead atoms. The first kappa shape index (κ1) is 15.6. The fraction of sp³-hybridized carbons (Fsp3) is 0.188. The van der Waals surface area contributed by atoms with Crippen molar-refractivity contribution in [1.29, 1.82) is 0 Å². The maximum Gasteiger partial charge on any atom is 0.407 e. The first-order valence-corrected chi connectivity index (χ1v) is 6.26. The molecule has 0 fully saturated rings. The molecule has 0 unspecified atom stereocenters. The molecule has 1 aromatic rings. The zero-order valence-electron chi connectivity index (χ0n) is 11.3. The van der Waals surface area contributed by atoms with Gasteiger partial charge in [0.15, 0.2) is 0 Å². The number of nitrogens with zero attached hydrogens (tertiary/aromatic N) is 1. The van der Waals surface area contributed by atoms with Gasteiger partial charge in [-0.1, -0.05) is 30.4 Å². The Morgan fingerprint density at radius 2 is 2.00 bits per heavy atom. The van der Waals surface area contributed by atoms with Gasteiger partial charge < -0.3 is 15.1 Å². The summed E-state index contributed by atoms with van der Waals surface area (Å²) in [5.74, 6) is 0.166. The fourth-order valence-electron chi connectivity index (χ4n) is 1.72. The van der Waals surface area contributed by atoms with E-state index in [1.165, 1.54) is 11.0 Å². The van der Waals surface area contributed by atoms with Crippen LogP contribution in [0.1, 0.15) is 11.1 Å². The molecule has 2 N–H and O–H groups in total. The highest BCUT2D eigenvalue weighted by Gasteiger charge is 2.07. The number of hydrogen-bond donors (Lipinski definition) is 2. The van der Waals surface area contributed by atoms with Gasteiger partial charge in [-0.2, -0.15) is 0 Å². The van der Waals surface area contributed by atoms with Gasteiger partial charge in [0.05, 0.1) is 0 Å². The van der Waals surface area contributed by atoms with E-state index >= 15 is 0 Å². The largest absolute Gasteiger partial charge is 0.507 e. The van der Waals surface area contributed by atoms with Gasteiger partial charge >= 0.3 is 6.09 Å².